The average molecular weight is 302 g/mol. The first kappa shape index (κ1) is 29.1. The Balaban J connectivity index is 0. The summed E-state index contributed by atoms with van der Waals surface area (Å²) in [6.07, 6.45) is 0. The number of hydrogen-bond donors (Lipinski definition) is 0. The van der Waals surface area contributed by atoms with E-state index in [0.717, 1.165) is 0 Å². The maximum atomic E-state index is 0. The minimum absolute atomic E-state index is 0. The predicted molar refractivity (Wildman–Crippen MR) is 5.75 cm³/mol. The Kier molecular flexibility index (Phi) is 124. The molecule has 0 aromatic heterocycles. The van der Waals surface area contributed by atoms with Crippen molar-refractivity contribution in [2.45, 2.75) is 0 Å². The molecule has 0 unspecified atom stereocenters. The van der Waals surface area contributed by atoms with Gasteiger partial charge in [0.15, 0.2) is 0 Å². The van der Waals surface area contributed by atoms with Gasteiger partial charge in [0.05, 0.1) is 0 Å². The van der Waals surface area contributed by atoms with Crippen LogP contribution in [0.5, 0.6) is 0 Å². The quantitative estimate of drug-likeness (QED) is 0.535. The van der Waals surface area contributed by atoms with Crippen LogP contribution in [0.4, 0.5) is 0 Å². The molecule has 0 amide bonds. The molecule has 0 rings (SSSR count). The van der Waals surface area contributed by atoms with Gasteiger partial charge in [-0.15, -0.1) is 0 Å². The van der Waals surface area contributed by atoms with Crippen LogP contribution in [0.15, 0.2) is 0 Å². The molecule has 0 aliphatic carbocycles. The molecule has 3 radical (unpaired) electrons. The SMILES string of the molecule is [B].[Fe].[Nd].[Zr]. The smallest absolute Gasteiger partial charge is 0 e. The Bertz CT molecular complexity index is 8.00. The van der Waals surface area contributed by atoms with Gasteiger partial charge in [-0.05, 0) is 0 Å². The van der Waals surface area contributed by atoms with Crippen molar-refractivity contribution in [1.82, 2.24) is 0 Å². The average Bonchev–Trinajstić information content (AvgIpc) is 0. The number of rotatable bonds is 0. The van der Waals surface area contributed by atoms with E-state index in [1.54, 1.807) is 0 Å². The third-order valence-electron chi connectivity index (χ3n) is 0. The summed E-state index contributed by atoms with van der Waals surface area (Å²) in [6.45, 7) is 0. The molecule has 0 bridgehead atoms. The fourth-order valence-corrected chi connectivity index (χ4v) is 0. The summed E-state index contributed by atoms with van der Waals surface area (Å²) in [4.78, 5) is 0. The van der Waals surface area contributed by atoms with Crippen molar-refractivity contribution >= 4 is 8.41 Å². The van der Waals surface area contributed by atoms with Crippen LogP contribution in [0.3, 0.4) is 0 Å². The van der Waals surface area contributed by atoms with Crippen molar-refractivity contribution in [1.29, 1.82) is 0 Å². The number of hydrogen-bond acceptors (Lipinski definition) is 0. The molecule has 0 aromatic rings. The summed E-state index contributed by atoms with van der Waals surface area (Å²) in [5.74, 6) is 0. The Morgan fingerprint density at radius 2 is 1.00 bits per heavy atom. The Labute approximate surface area is 90.6 Å². The molecule has 19 valence electrons. The van der Waals surface area contributed by atoms with Gasteiger partial charge in [0.1, 0.15) is 0 Å². The normalized spacial score (nSPS) is 0. The standard InChI is InChI=1S/B.Fe.Nd.Zr. The predicted octanol–water partition coefficient (Wildman–Crippen LogP) is -0.386. The zero-order valence-corrected chi connectivity index (χ0v) is 8.70. The molecular formula is BFeNdZr. The molecule has 4 heavy (non-hydrogen) atoms. The Morgan fingerprint density at radius 1 is 1.00 bits per heavy atom. The summed E-state index contributed by atoms with van der Waals surface area (Å²) in [6, 6.07) is 0. The molecule has 0 aromatic carbocycles. The van der Waals surface area contributed by atoms with Gasteiger partial charge in [-0.3, -0.25) is 0 Å². The minimum Gasteiger partial charge on any atom is 0 e. The van der Waals surface area contributed by atoms with Crippen LogP contribution in [-0.2, 0) is 43.3 Å². The largest absolute Gasteiger partial charge is 0 e. The molecule has 0 saturated heterocycles. The summed E-state index contributed by atoms with van der Waals surface area (Å²) in [5.41, 5.74) is 0. The van der Waals surface area contributed by atoms with Crippen molar-refractivity contribution in [2.24, 2.45) is 0 Å². The van der Waals surface area contributed by atoms with Crippen molar-refractivity contribution in [3.05, 3.63) is 0 Å². The third kappa shape index (κ3) is 8.84. The van der Waals surface area contributed by atoms with Crippen LogP contribution >= 0.6 is 0 Å². The monoisotopic (exact) mass is 299 g/mol. The van der Waals surface area contributed by atoms with E-state index in [9.17, 15) is 0 Å². The van der Waals surface area contributed by atoms with E-state index < -0.39 is 0 Å². The molecule has 0 nitrogen and oxygen atoms in total. The van der Waals surface area contributed by atoms with Crippen molar-refractivity contribution in [3.63, 3.8) is 0 Å². The molecule has 0 spiro atoms. The molecule has 0 saturated carbocycles. The maximum absolute atomic E-state index is 0. The summed E-state index contributed by atoms with van der Waals surface area (Å²) >= 11 is 0. The van der Waals surface area contributed by atoms with Crippen LogP contribution in [0.25, 0.3) is 0 Å². The fraction of sp³-hybridized carbons (Fsp3) is 0. The molecule has 0 heterocycles. The Morgan fingerprint density at radius 3 is 1.00 bits per heavy atom. The zero-order chi connectivity index (χ0) is 0. The van der Waals surface area contributed by atoms with Crippen LogP contribution in [0.2, 0.25) is 0 Å². The van der Waals surface area contributed by atoms with Crippen LogP contribution < -0.4 is 0 Å². The van der Waals surface area contributed by atoms with Gasteiger partial charge in [-0.1, -0.05) is 0 Å². The maximum Gasteiger partial charge on any atom is 0 e. The molecule has 0 aliphatic heterocycles. The molecule has 0 aliphatic rings. The van der Waals surface area contributed by atoms with Gasteiger partial charge in [0.25, 0.3) is 0 Å². The molecule has 0 N–H and O–H groups in total. The van der Waals surface area contributed by atoms with E-state index in [2.05, 4.69) is 0 Å². The fourth-order valence-electron chi connectivity index (χ4n) is 0. The van der Waals surface area contributed by atoms with Crippen LogP contribution in [0, 0.1) is 40.8 Å². The van der Waals surface area contributed by atoms with E-state index in [0.29, 0.717) is 0 Å². The van der Waals surface area contributed by atoms with Crippen LogP contribution in [-0.4, -0.2) is 8.41 Å². The van der Waals surface area contributed by atoms with Gasteiger partial charge >= 0.3 is 0 Å². The van der Waals surface area contributed by atoms with Crippen molar-refractivity contribution in [3.8, 4) is 0 Å². The molecule has 4 heteroatoms. The summed E-state index contributed by atoms with van der Waals surface area (Å²) in [5, 5.41) is 0. The molecule has 0 fully saturated rings. The topological polar surface area (TPSA) is 0 Å². The Hall–Kier alpha value is 2.82. The van der Waals surface area contributed by atoms with Gasteiger partial charge < -0.3 is 0 Å². The van der Waals surface area contributed by atoms with E-state index >= 15 is 0 Å². The van der Waals surface area contributed by atoms with Gasteiger partial charge in [-0.2, -0.15) is 0 Å². The van der Waals surface area contributed by atoms with Gasteiger partial charge in [-0.25, -0.2) is 0 Å². The van der Waals surface area contributed by atoms with E-state index in [4.69, 9.17) is 0 Å². The summed E-state index contributed by atoms with van der Waals surface area (Å²) in [7, 11) is 0. The van der Waals surface area contributed by atoms with Crippen LogP contribution in [0.1, 0.15) is 0 Å². The summed E-state index contributed by atoms with van der Waals surface area (Å²) < 4.78 is 0. The first-order valence-electron chi connectivity index (χ1n) is 0. The second-order valence-corrected chi connectivity index (χ2v) is 0. The molecular weight excluding hydrogens is 302 g/mol. The van der Waals surface area contributed by atoms with E-state index in [1.807, 2.05) is 0 Å². The van der Waals surface area contributed by atoms with Gasteiger partial charge in [0.2, 0.25) is 0 Å². The van der Waals surface area contributed by atoms with Crippen molar-refractivity contribution < 1.29 is 84.1 Å². The molecule has 0 atom stereocenters. The van der Waals surface area contributed by atoms with Gasteiger partial charge in [0, 0.05) is 92.5 Å². The zero-order valence-electron chi connectivity index (χ0n) is 1.93. The first-order valence-corrected chi connectivity index (χ1v) is 0. The second kappa shape index (κ2) is 17.0. The third-order valence-corrected chi connectivity index (χ3v) is 0. The van der Waals surface area contributed by atoms with E-state index in [-0.39, 0.29) is 92.5 Å². The first-order chi connectivity index (χ1) is 0. The van der Waals surface area contributed by atoms with Crippen molar-refractivity contribution in [2.75, 3.05) is 0 Å². The minimum atomic E-state index is 0. The van der Waals surface area contributed by atoms with E-state index in [1.165, 1.54) is 0 Å². The second-order valence-electron chi connectivity index (χ2n) is 0.